The molecule has 1 saturated heterocycles. The molecule has 21 heavy (non-hydrogen) atoms. The zero-order chi connectivity index (χ0) is 15.7. The van der Waals surface area contributed by atoms with Crippen molar-refractivity contribution in [2.75, 3.05) is 12.9 Å². The van der Waals surface area contributed by atoms with Crippen LogP contribution in [0.25, 0.3) is 0 Å². The van der Waals surface area contributed by atoms with E-state index in [4.69, 9.17) is 0 Å². The Bertz CT molecular complexity index is 618. The van der Waals surface area contributed by atoms with Crippen molar-refractivity contribution in [2.24, 2.45) is 0 Å². The van der Waals surface area contributed by atoms with Gasteiger partial charge in [-0.05, 0) is 25.5 Å². The Morgan fingerprint density at radius 3 is 2.43 bits per heavy atom. The highest BCUT2D eigenvalue weighted by atomic mass is 32.2. The van der Waals surface area contributed by atoms with Crippen LogP contribution in [0.1, 0.15) is 26.7 Å². The summed E-state index contributed by atoms with van der Waals surface area (Å²) in [5.41, 5.74) is -0.967. The summed E-state index contributed by atoms with van der Waals surface area (Å²) in [5, 5.41) is 0. The predicted octanol–water partition coefficient (Wildman–Crippen LogP) is 2.31. The second-order valence-electron chi connectivity index (χ2n) is 5.24. The minimum Gasteiger partial charge on any atom is -0.272 e. The van der Waals surface area contributed by atoms with E-state index in [0.29, 0.717) is 6.42 Å². The lowest BCUT2D eigenvalue weighted by molar-refractivity contribution is -0.131. The van der Waals surface area contributed by atoms with Crippen LogP contribution in [-0.2, 0) is 15.0 Å². The number of hydrogen-bond acceptors (Lipinski definition) is 4. The lowest BCUT2D eigenvalue weighted by atomic mass is 9.95. The molecule has 1 fully saturated rings. The molecule has 0 bridgehead atoms. The van der Waals surface area contributed by atoms with Crippen molar-refractivity contribution >= 4 is 27.9 Å². The van der Waals surface area contributed by atoms with Crippen molar-refractivity contribution < 1.29 is 13.2 Å². The first kappa shape index (κ1) is 16.3. The van der Waals surface area contributed by atoms with Gasteiger partial charge < -0.3 is 0 Å². The van der Waals surface area contributed by atoms with Crippen LogP contribution in [0.4, 0.5) is 0 Å². The molecule has 1 heterocycles. The second kappa shape index (κ2) is 5.98. The highest BCUT2D eigenvalue weighted by Gasteiger charge is 2.56. The van der Waals surface area contributed by atoms with E-state index in [1.807, 2.05) is 37.3 Å². The minimum absolute atomic E-state index is 0.106. The molecule has 1 aromatic carbocycles. The Balaban J connectivity index is 2.21. The molecule has 0 saturated carbocycles. The number of carbonyl (C=O) groups excluding carboxylic acids is 1. The van der Waals surface area contributed by atoms with E-state index in [2.05, 4.69) is 0 Å². The average Bonchev–Trinajstić information content (AvgIpc) is 2.58. The SMILES string of the molecule is CCCC1(C)C(=O)N(CSc2ccccc2)S(=O)(=O)N1C. The molecule has 1 aliphatic rings. The third-order valence-electron chi connectivity index (χ3n) is 3.84. The monoisotopic (exact) mass is 328 g/mol. The van der Waals surface area contributed by atoms with Gasteiger partial charge in [-0.25, -0.2) is 4.31 Å². The number of thioether (sulfide) groups is 1. The smallest absolute Gasteiger partial charge is 0.272 e. The van der Waals surface area contributed by atoms with Crippen LogP contribution in [-0.4, -0.2) is 41.4 Å². The Morgan fingerprint density at radius 1 is 1.24 bits per heavy atom. The summed E-state index contributed by atoms with van der Waals surface area (Å²) in [6.45, 7) is 3.64. The molecule has 1 atom stereocenters. The number of likely N-dealkylation sites (N-methyl/N-ethyl adjacent to an activating group) is 1. The molecule has 1 amide bonds. The number of hydrogen-bond donors (Lipinski definition) is 0. The highest BCUT2D eigenvalue weighted by Crippen LogP contribution is 2.36. The summed E-state index contributed by atoms with van der Waals surface area (Å²) >= 11 is 1.34. The Labute approximate surface area is 130 Å². The van der Waals surface area contributed by atoms with Crippen molar-refractivity contribution in [1.82, 2.24) is 8.61 Å². The average molecular weight is 328 g/mol. The van der Waals surface area contributed by atoms with E-state index in [0.717, 1.165) is 15.6 Å². The van der Waals surface area contributed by atoms with Gasteiger partial charge in [-0.1, -0.05) is 31.5 Å². The van der Waals surface area contributed by atoms with Crippen LogP contribution in [0.5, 0.6) is 0 Å². The molecule has 0 N–H and O–H groups in total. The standard InChI is InChI=1S/C14H20N2O3S2/c1-4-10-14(2)13(17)16(21(18,19)15(14)3)11-20-12-8-6-5-7-9-12/h5-9H,4,10-11H2,1-3H3. The molecule has 0 aliphatic carbocycles. The van der Waals surface area contributed by atoms with Crippen molar-refractivity contribution in [3.05, 3.63) is 30.3 Å². The summed E-state index contributed by atoms with van der Waals surface area (Å²) in [7, 11) is -2.24. The molecule has 1 unspecified atom stereocenters. The van der Waals surface area contributed by atoms with Gasteiger partial charge in [0.2, 0.25) is 0 Å². The van der Waals surface area contributed by atoms with E-state index in [9.17, 15) is 13.2 Å². The predicted molar refractivity (Wildman–Crippen MR) is 84.0 cm³/mol. The van der Waals surface area contributed by atoms with E-state index in [1.54, 1.807) is 6.92 Å². The van der Waals surface area contributed by atoms with Crippen LogP contribution < -0.4 is 0 Å². The molecule has 1 aromatic rings. The first-order chi connectivity index (χ1) is 9.84. The molecule has 2 rings (SSSR count). The van der Waals surface area contributed by atoms with Gasteiger partial charge in [0, 0.05) is 11.9 Å². The lowest BCUT2D eigenvalue weighted by Gasteiger charge is -2.25. The van der Waals surface area contributed by atoms with Crippen molar-refractivity contribution in [3.63, 3.8) is 0 Å². The fraction of sp³-hybridized carbons (Fsp3) is 0.500. The lowest BCUT2D eigenvalue weighted by Crippen LogP contribution is -2.44. The second-order valence-corrected chi connectivity index (χ2v) is 8.14. The third-order valence-corrected chi connectivity index (χ3v) is 6.94. The summed E-state index contributed by atoms with van der Waals surface area (Å²) in [5.74, 6) is -0.232. The Kier molecular flexibility index (Phi) is 4.65. The topological polar surface area (TPSA) is 57.7 Å². The number of amides is 1. The van der Waals surface area contributed by atoms with Gasteiger partial charge in [0.05, 0.1) is 5.88 Å². The third kappa shape index (κ3) is 2.82. The maximum atomic E-state index is 12.6. The van der Waals surface area contributed by atoms with E-state index in [1.165, 1.54) is 23.1 Å². The van der Waals surface area contributed by atoms with Gasteiger partial charge in [-0.15, -0.1) is 11.8 Å². The van der Waals surface area contributed by atoms with Crippen molar-refractivity contribution in [3.8, 4) is 0 Å². The fourth-order valence-corrected chi connectivity index (χ4v) is 5.24. The van der Waals surface area contributed by atoms with Crippen LogP contribution in [0.2, 0.25) is 0 Å². The van der Waals surface area contributed by atoms with Crippen molar-refractivity contribution in [1.29, 1.82) is 0 Å². The van der Waals surface area contributed by atoms with Crippen LogP contribution in [0, 0.1) is 0 Å². The van der Waals surface area contributed by atoms with E-state index < -0.39 is 15.7 Å². The maximum Gasteiger partial charge on any atom is 0.307 e. The number of nitrogens with zero attached hydrogens (tertiary/aromatic N) is 2. The molecule has 116 valence electrons. The van der Waals surface area contributed by atoms with Gasteiger partial charge in [0.1, 0.15) is 5.54 Å². The minimum atomic E-state index is -3.72. The van der Waals surface area contributed by atoms with Gasteiger partial charge in [0.25, 0.3) is 5.91 Å². The molecular formula is C14H20N2O3S2. The molecule has 0 radical (unpaired) electrons. The van der Waals surface area contributed by atoms with Crippen LogP contribution >= 0.6 is 11.8 Å². The Hall–Kier alpha value is -1.05. The maximum absolute atomic E-state index is 12.6. The molecule has 5 nitrogen and oxygen atoms in total. The van der Waals surface area contributed by atoms with Crippen LogP contribution in [0.15, 0.2) is 35.2 Å². The summed E-state index contributed by atoms with van der Waals surface area (Å²) < 4.78 is 27.1. The van der Waals surface area contributed by atoms with E-state index >= 15 is 0 Å². The van der Waals surface area contributed by atoms with E-state index in [-0.39, 0.29) is 11.8 Å². The summed E-state index contributed by atoms with van der Waals surface area (Å²) in [6.07, 6.45) is 1.27. The van der Waals surface area contributed by atoms with Gasteiger partial charge in [-0.2, -0.15) is 12.7 Å². The normalized spacial score (nSPS) is 25.5. The molecule has 1 aliphatic heterocycles. The number of carbonyl (C=O) groups is 1. The fourth-order valence-electron chi connectivity index (χ4n) is 2.44. The number of rotatable bonds is 5. The first-order valence-corrected chi connectivity index (χ1v) is 9.21. The molecule has 0 aromatic heterocycles. The van der Waals surface area contributed by atoms with Gasteiger partial charge >= 0.3 is 10.2 Å². The first-order valence-electron chi connectivity index (χ1n) is 6.83. The number of benzene rings is 1. The molecule has 7 heteroatoms. The largest absolute Gasteiger partial charge is 0.307 e. The molecule has 0 spiro atoms. The highest BCUT2D eigenvalue weighted by molar-refractivity contribution is 8.00. The quantitative estimate of drug-likeness (QED) is 0.778. The summed E-state index contributed by atoms with van der Waals surface area (Å²) in [4.78, 5) is 13.5. The molecular weight excluding hydrogens is 308 g/mol. The zero-order valence-electron chi connectivity index (χ0n) is 12.4. The van der Waals surface area contributed by atoms with Gasteiger partial charge in [0.15, 0.2) is 0 Å². The summed E-state index contributed by atoms with van der Waals surface area (Å²) in [6, 6.07) is 9.46. The van der Waals surface area contributed by atoms with Gasteiger partial charge in [-0.3, -0.25) is 4.79 Å². The van der Waals surface area contributed by atoms with Crippen molar-refractivity contribution in [2.45, 2.75) is 37.1 Å². The van der Waals surface area contributed by atoms with Crippen LogP contribution in [0.3, 0.4) is 0 Å². The Morgan fingerprint density at radius 2 is 1.86 bits per heavy atom. The zero-order valence-corrected chi connectivity index (χ0v) is 14.1.